The van der Waals surface area contributed by atoms with Crippen LogP contribution in [0.3, 0.4) is 0 Å². The maximum Gasteiger partial charge on any atom is 0.143 e. The van der Waals surface area contributed by atoms with E-state index in [1.165, 1.54) is 12.1 Å². The van der Waals surface area contributed by atoms with Crippen LogP contribution in [-0.2, 0) is 16.0 Å². The molecule has 1 aliphatic heterocycles. The zero-order chi connectivity index (χ0) is 13.1. The van der Waals surface area contributed by atoms with Crippen molar-refractivity contribution in [2.24, 2.45) is 5.92 Å². The van der Waals surface area contributed by atoms with Crippen molar-refractivity contribution in [1.29, 1.82) is 0 Å². The Labute approximate surface area is 112 Å². The van der Waals surface area contributed by atoms with E-state index in [9.17, 15) is 13.6 Å². The SMILES string of the molecule is O=C(Cc1c(F)ccc(Br)c1F)C1CCOCC1. The van der Waals surface area contributed by atoms with Crippen molar-refractivity contribution in [2.45, 2.75) is 19.3 Å². The summed E-state index contributed by atoms with van der Waals surface area (Å²) in [5, 5.41) is 0. The van der Waals surface area contributed by atoms with Crippen molar-refractivity contribution >= 4 is 21.7 Å². The molecule has 0 aromatic heterocycles. The molecule has 0 amide bonds. The lowest BCUT2D eigenvalue weighted by Gasteiger charge is -2.21. The number of ketones is 1. The Bertz CT molecular complexity index is 457. The number of halogens is 3. The molecular formula is C13H13BrF2O2. The maximum absolute atomic E-state index is 13.7. The van der Waals surface area contributed by atoms with Gasteiger partial charge in [-0.25, -0.2) is 8.78 Å². The molecule has 0 unspecified atom stereocenters. The highest BCUT2D eigenvalue weighted by Crippen LogP contribution is 2.24. The maximum atomic E-state index is 13.7. The van der Waals surface area contributed by atoms with Gasteiger partial charge in [-0.15, -0.1) is 0 Å². The average Bonchev–Trinajstić information content (AvgIpc) is 2.40. The van der Waals surface area contributed by atoms with Crippen molar-refractivity contribution in [3.05, 3.63) is 33.8 Å². The number of hydrogen-bond donors (Lipinski definition) is 0. The van der Waals surface area contributed by atoms with Crippen LogP contribution in [0.15, 0.2) is 16.6 Å². The number of benzene rings is 1. The van der Waals surface area contributed by atoms with Crippen LogP contribution in [0.4, 0.5) is 8.78 Å². The fourth-order valence-electron chi connectivity index (χ4n) is 2.07. The smallest absolute Gasteiger partial charge is 0.143 e. The molecule has 2 rings (SSSR count). The van der Waals surface area contributed by atoms with Gasteiger partial charge in [0.15, 0.2) is 0 Å². The number of carbonyl (C=O) groups is 1. The minimum Gasteiger partial charge on any atom is -0.381 e. The van der Waals surface area contributed by atoms with Crippen molar-refractivity contribution in [3.63, 3.8) is 0 Å². The van der Waals surface area contributed by atoms with E-state index in [0.29, 0.717) is 26.1 Å². The summed E-state index contributed by atoms with van der Waals surface area (Å²) >= 11 is 2.99. The molecule has 0 N–H and O–H groups in total. The van der Waals surface area contributed by atoms with Crippen LogP contribution in [0.1, 0.15) is 18.4 Å². The Balaban J connectivity index is 2.13. The van der Waals surface area contributed by atoms with Crippen LogP contribution in [0.2, 0.25) is 0 Å². The van der Waals surface area contributed by atoms with Gasteiger partial charge in [0.2, 0.25) is 0 Å². The molecule has 0 bridgehead atoms. The van der Waals surface area contributed by atoms with E-state index in [1.807, 2.05) is 0 Å². The molecule has 0 atom stereocenters. The molecule has 1 aromatic rings. The molecule has 0 spiro atoms. The van der Waals surface area contributed by atoms with Crippen molar-refractivity contribution < 1.29 is 18.3 Å². The second kappa shape index (κ2) is 5.89. The highest BCUT2D eigenvalue weighted by Gasteiger charge is 2.24. The van der Waals surface area contributed by atoms with E-state index in [-0.39, 0.29) is 28.2 Å². The zero-order valence-electron chi connectivity index (χ0n) is 9.72. The van der Waals surface area contributed by atoms with Gasteiger partial charge in [-0.2, -0.15) is 0 Å². The van der Waals surface area contributed by atoms with Crippen LogP contribution in [0.5, 0.6) is 0 Å². The molecule has 1 saturated heterocycles. The molecule has 1 aromatic carbocycles. The molecule has 0 saturated carbocycles. The zero-order valence-corrected chi connectivity index (χ0v) is 11.3. The highest BCUT2D eigenvalue weighted by molar-refractivity contribution is 9.10. The first-order chi connectivity index (χ1) is 8.59. The van der Waals surface area contributed by atoms with Crippen LogP contribution >= 0.6 is 15.9 Å². The summed E-state index contributed by atoms with van der Waals surface area (Å²) in [6, 6.07) is 2.47. The minimum atomic E-state index is -0.685. The van der Waals surface area contributed by atoms with Crippen molar-refractivity contribution in [3.8, 4) is 0 Å². The molecule has 0 radical (unpaired) electrons. The first kappa shape index (κ1) is 13.6. The quantitative estimate of drug-likeness (QED) is 0.800. The topological polar surface area (TPSA) is 26.3 Å². The summed E-state index contributed by atoms with van der Waals surface area (Å²) in [4.78, 5) is 12.0. The average molecular weight is 319 g/mol. The van der Waals surface area contributed by atoms with Crippen molar-refractivity contribution in [2.75, 3.05) is 13.2 Å². The first-order valence-corrected chi connectivity index (χ1v) is 6.61. The monoisotopic (exact) mass is 318 g/mol. The molecule has 5 heteroatoms. The van der Waals surface area contributed by atoms with Gasteiger partial charge in [0, 0.05) is 31.1 Å². The van der Waals surface area contributed by atoms with Gasteiger partial charge in [0.1, 0.15) is 17.4 Å². The van der Waals surface area contributed by atoms with Crippen LogP contribution in [0.25, 0.3) is 0 Å². The van der Waals surface area contributed by atoms with E-state index in [0.717, 1.165) is 0 Å². The Morgan fingerprint density at radius 3 is 2.67 bits per heavy atom. The molecule has 1 heterocycles. The highest BCUT2D eigenvalue weighted by atomic mass is 79.9. The molecule has 1 fully saturated rings. The third kappa shape index (κ3) is 2.95. The van der Waals surface area contributed by atoms with Gasteiger partial charge in [-0.05, 0) is 40.9 Å². The number of rotatable bonds is 3. The summed E-state index contributed by atoms with van der Waals surface area (Å²) in [6.45, 7) is 1.08. The van der Waals surface area contributed by atoms with Gasteiger partial charge >= 0.3 is 0 Å². The lowest BCUT2D eigenvalue weighted by Crippen LogP contribution is -2.25. The Kier molecular flexibility index (Phi) is 4.45. The van der Waals surface area contributed by atoms with Gasteiger partial charge in [-0.3, -0.25) is 4.79 Å². The lowest BCUT2D eigenvalue weighted by molar-refractivity contribution is -0.125. The van der Waals surface area contributed by atoms with Gasteiger partial charge < -0.3 is 4.74 Å². The summed E-state index contributed by atoms with van der Waals surface area (Å²) in [5.74, 6) is -1.61. The van der Waals surface area contributed by atoms with E-state index in [4.69, 9.17) is 4.74 Å². The second-order valence-corrected chi connectivity index (χ2v) is 5.21. The number of Topliss-reactive ketones (excluding diaryl/α,β-unsaturated/α-hetero) is 1. The lowest BCUT2D eigenvalue weighted by atomic mass is 9.91. The predicted molar refractivity (Wildman–Crippen MR) is 66.3 cm³/mol. The Morgan fingerprint density at radius 2 is 2.00 bits per heavy atom. The number of hydrogen-bond acceptors (Lipinski definition) is 2. The van der Waals surface area contributed by atoms with Gasteiger partial charge in [0.05, 0.1) is 4.47 Å². The molecule has 1 aliphatic rings. The first-order valence-electron chi connectivity index (χ1n) is 5.82. The fraction of sp³-hybridized carbons (Fsp3) is 0.462. The van der Waals surface area contributed by atoms with Crippen molar-refractivity contribution in [1.82, 2.24) is 0 Å². The Hall–Kier alpha value is -0.810. The standard InChI is InChI=1S/C13H13BrF2O2/c14-10-1-2-11(15)9(13(10)16)7-12(17)8-3-5-18-6-4-8/h1-2,8H,3-7H2. The van der Waals surface area contributed by atoms with E-state index < -0.39 is 11.6 Å². The van der Waals surface area contributed by atoms with Gasteiger partial charge in [-0.1, -0.05) is 0 Å². The van der Waals surface area contributed by atoms with E-state index in [1.54, 1.807) is 0 Å². The van der Waals surface area contributed by atoms with Crippen LogP contribution in [-0.4, -0.2) is 19.0 Å². The third-order valence-corrected chi connectivity index (χ3v) is 3.78. The molecule has 0 aliphatic carbocycles. The molecule has 18 heavy (non-hydrogen) atoms. The summed E-state index contributed by atoms with van der Waals surface area (Å²) in [7, 11) is 0. The molecular weight excluding hydrogens is 306 g/mol. The fourth-order valence-corrected chi connectivity index (χ4v) is 2.44. The summed E-state index contributed by atoms with van der Waals surface area (Å²) in [6.07, 6.45) is 1.08. The van der Waals surface area contributed by atoms with E-state index >= 15 is 0 Å². The van der Waals surface area contributed by atoms with Crippen LogP contribution in [0, 0.1) is 17.6 Å². The molecule has 2 nitrogen and oxygen atoms in total. The summed E-state index contributed by atoms with van der Waals surface area (Å²) < 4.78 is 32.6. The number of ether oxygens (including phenoxy) is 1. The largest absolute Gasteiger partial charge is 0.381 e. The predicted octanol–water partition coefficient (Wildman–Crippen LogP) is 3.27. The minimum absolute atomic E-state index is 0.116. The molecule has 98 valence electrons. The van der Waals surface area contributed by atoms with Crippen LogP contribution < -0.4 is 0 Å². The normalized spacial score (nSPS) is 16.8. The second-order valence-electron chi connectivity index (χ2n) is 4.35. The number of carbonyl (C=O) groups excluding carboxylic acids is 1. The summed E-state index contributed by atoms with van der Waals surface area (Å²) in [5.41, 5.74) is -0.152. The third-order valence-electron chi connectivity index (χ3n) is 3.17. The van der Waals surface area contributed by atoms with Gasteiger partial charge in [0.25, 0.3) is 0 Å². The Morgan fingerprint density at radius 1 is 1.33 bits per heavy atom. The van der Waals surface area contributed by atoms with E-state index in [2.05, 4.69) is 15.9 Å².